The largest absolute Gasteiger partial charge is 0.394 e. The molecule has 0 aliphatic carbocycles. The Labute approximate surface area is 202 Å². The van der Waals surface area contributed by atoms with Crippen molar-refractivity contribution >= 4 is 17.9 Å². The van der Waals surface area contributed by atoms with Crippen molar-refractivity contribution in [3.05, 3.63) is 65.5 Å². The van der Waals surface area contributed by atoms with E-state index in [4.69, 9.17) is 10.7 Å². The van der Waals surface area contributed by atoms with Gasteiger partial charge in [-0.3, -0.25) is 0 Å². The number of fused-ring (bicyclic) bond motifs is 1. The van der Waals surface area contributed by atoms with Crippen molar-refractivity contribution in [1.82, 2.24) is 19.9 Å². The van der Waals surface area contributed by atoms with Gasteiger partial charge >= 0.3 is 6.03 Å². The molecule has 1 saturated heterocycles. The summed E-state index contributed by atoms with van der Waals surface area (Å²) in [6.45, 7) is 1.64. The van der Waals surface area contributed by atoms with Crippen molar-refractivity contribution in [1.29, 1.82) is 0 Å². The molecule has 0 saturated carbocycles. The number of anilines is 2. The van der Waals surface area contributed by atoms with Gasteiger partial charge in [-0.2, -0.15) is 15.0 Å². The fourth-order valence-electron chi connectivity index (χ4n) is 4.83. The number of urea groups is 1. The number of carbonyl (C=O) groups excluding carboxylic acids is 1. The molecule has 182 valence electrons. The zero-order valence-electron chi connectivity index (χ0n) is 19.3. The number of primary amides is 1. The van der Waals surface area contributed by atoms with E-state index in [0.717, 1.165) is 12.0 Å². The molecule has 4 N–H and O–H groups in total. The van der Waals surface area contributed by atoms with Gasteiger partial charge in [-0.15, -0.1) is 0 Å². The summed E-state index contributed by atoms with van der Waals surface area (Å²) in [4.78, 5) is 29.0. The average Bonchev–Trinajstić information content (AvgIpc) is 2.88. The first kappa shape index (κ1) is 23.0. The van der Waals surface area contributed by atoms with E-state index in [9.17, 15) is 14.3 Å². The molecule has 35 heavy (non-hydrogen) atoms. The molecule has 0 bridgehead atoms. The molecule has 5 rings (SSSR count). The number of hydrogen-bond acceptors (Lipinski definition) is 7. The van der Waals surface area contributed by atoms with Crippen LogP contribution in [0.3, 0.4) is 0 Å². The number of likely N-dealkylation sites (tertiary alicyclic amines) is 1. The van der Waals surface area contributed by atoms with Gasteiger partial charge in [0.25, 0.3) is 0 Å². The summed E-state index contributed by atoms with van der Waals surface area (Å²) >= 11 is 0. The van der Waals surface area contributed by atoms with Gasteiger partial charge in [-0.25, -0.2) is 9.18 Å². The lowest BCUT2D eigenvalue weighted by Crippen LogP contribution is -2.45. The fourth-order valence-corrected chi connectivity index (χ4v) is 4.83. The van der Waals surface area contributed by atoms with Gasteiger partial charge in [-0.05, 0) is 42.5 Å². The van der Waals surface area contributed by atoms with Crippen LogP contribution in [0.1, 0.15) is 30.0 Å². The van der Waals surface area contributed by atoms with Gasteiger partial charge in [0, 0.05) is 31.2 Å². The lowest BCUT2D eigenvalue weighted by Gasteiger charge is -2.36. The molecule has 2 aromatic carbocycles. The minimum atomic E-state index is -0.417. The van der Waals surface area contributed by atoms with Crippen LogP contribution in [-0.2, 0) is 6.42 Å². The first-order chi connectivity index (χ1) is 17.0. The quantitative estimate of drug-likeness (QED) is 0.517. The van der Waals surface area contributed by atoms with Gasteiger partial charge in [0.15, 0.2) is 5.82 Å². The fraction of sp³-hybridized carbons (Fsp3) is 0.360. The molecule has 3 heterocycles. The number of rotatable bonds is 5. The lowest BCUT2D eigenvalue weighted by atomic mass is 9.93. The molecule has 2 aliphatic rings. The molecule has 1 aromatic heterocycles. The van der Waals surface area contributed by atoms with E-state index in [0.29, 0.717) is 55.8 Å². The number of carbonyl (C=O) groups is 1. The Kier molecular flexibility index (Phi) is 6.45. The molecule has 9 nitrogen and oxygen atoms in total. The Hall–Kier alpha value is -3.79. The molecule has 2 aliphatic heterocycles. The van der Waals surface area contributed by atoms with Gasteiger partial charge in [0.2, 0.25) is 11.9 Å². The summed E-state index contributed by atoms with van der Waals surface area (Å²) in [6.07, 6.45) is 2.20. The summed E-state index contributed by atoms with van der Waals surface area (Å²) in [7, 11) is 0. The van der Waals surface area contributed by atoms with Crippen molar-refractivity contribution < 1.29 is 14.3 Å². The van der Waals surface area contributed by atoms with Gasteiger partial charge in [-0.1, -0.05) is 36.4 Å². The summed E-state index contributed by atoms with van der Waals surface area (Å²) < 4.78 is 14.0. The van der Waals surface area contributed by atoms with Crippen LogP contribution in [-0.4, -0.2) is 63.3 Å². The zero-order chi connectivity index (χ0) is 24.4. The van der Waals surface area contributed by atoms with Crippen LogP contribution in [0.5, 0.6) is 0 Å². The number of hydrogen-bond donors (Lipinski definition) is 3. The molecule has 0 spiro atoms. The molecule has 3 aromatic rings. The first-order valence-electron chi connectivity index (χ1n) is 11.8. The van der Waals surface area contributed by atoms with E-state index >= 15 is 0 Å². The first-order valence-corrected chi connectivity index (χ1v) is 11.8. The third kappa shape index (κ3) is 4.88. The summed E-state index contributed by atoms with van der Waals surface area (Å²) in [6, 6.07) is 13.5. The number of nitrogens with two attached hydrogens (primary N) is 1. The third-order valence-electron chi connectivity index (χ3n) is 6.69. The highest BCUT2D eigenvalue weighted by molar-refractivity contribution is 5.72. The Morgan fingerprint density at radius 3 is 2.63 bits per heavy atom. The van der Waals surface area contributed by atoms with Crippen LogP contribution >= 0.6 is 0 Å². The number of halogens is 1. The Morgan fingerprint density at radius 1 is 1.09 bits per heavy atom. The standard InChI is InChI=1S/C25H28FN7O2/c26-18-6-3-5-17(14-18)22-29-24(28-19-9-11-32(12-10-19)23(27)35)31-25(30-22)33-13-8-16-4-1-2-7-20(16)21(33)15-34/h1-7,14,19,21,34H,8-13,15H2,(H2,27,35)(H,28,29,30,31)/t21-/m0/s1. The SMILES string of the molecule is NC(=O)N1CCC(Nc2nc(-c3cccc(F)c3)nc(N3CCc4ccccc4[C@@H]3CO)n2)CC1. The van der Waals surface area contributed by atoms with E-state index in [1.165, 1.54) is 17.7 Å². The highest BCUT2D eigenvalue weighted by Crippen LogP contribution is 2.33. The van der Waals surface area contributed by atoms with E-state index in [1.807, 2.05) is 23.1 Å². The molecular formula is C25H28FN7O2. The minimum absolute atomic E-state index is 0.0527. The molecule has 2 amide bonds. The topological polar surface area (TPSA) is 120 Å². The van der Waals surface area contributed by atoms with Crippen LogP contribution in [0, 0.1) is 5.82 Å². The van der Waals surface area contributed by atoms with Crippen molar-refractivity contribution in [2.75, 3.05) is 36.5 Å². The number of piperidine rings is 1. The molecule has 1 atom stereocenters. The summed E-state index contributed by atoms with van der Waals surface area (Å²) in [5, 5.41) is 13.6. The number of aliphatic hydroxyl groups is 1. The van der Waals surface area contributed by atoms with Crippen LogP contribution in [0.25, 0.3) is 11.4 Å². The molecule has 1 fully saturated rings. The number of aromatic nitrogens is 3. The van der Waals surface area contributed by atoms with Crippen LogP contribution in [0.15, 0.2) is 48.5 Å². The minimum Gasteiger partial charge on any atom is -0.394 e. The van der Waals surface area contributed by atoms with Crippen molar-refractivity contribution in [2.24, 2.45) is 5.73 Å². The summed E-state index contributed by atoms with van der Waals surface area (Å²) in [5.74, 6) is 0.771. The second kappa shape index (κ2) is 9.83. The van der Waals surface area contributed by atoms with Gasteiger partial charge in [0.1, 0.15) is 5.82 Å². The predicted molar refractivity (Wildman–Crippen MR) is 130 cm³/mol. The highest BCUT2D eigenvalue weighted by atomic mass is 19.1. The number of benzene rings is 2. The maximum absolute atomic E-state index is 14.0. The van der Waals surface area contributed by atoms with Crippen LogP contribution in [0.4, 0.5) is 21.1 Å². The highest BCUT2D eigenvalue weighted by Gasteiger charge is 2.30. The number of aliphatic hydroxyl groups excluding tert-OH is 1. The maximum Gasteiger partial charge on any atom is 0.314 e. The van der Waals surface area contributed by atoms with E-state index in [1.54, 1.807) is 17.0 Å². The molecule has 10 heteroatoms. The van der Waals surface area contributed by atoms with Crippen molar-refractivity contribution in [2.45, 2.75) is 31.3 Å². The van der Waals surface area contributed by atoms with Crippen molar-refractivity contribution in [3.63, 3.8) is 0 Å². The molecule has 0 radical (unpaired) electrons. The third-order valence-corrected chi connectivity index (χ3v) is 6.69. The zero-order valence-corrected chi connectivity index (χ0v) is 19.3. The van der Waals surface area contributed by atoms with Crippen molar-refractivity contribution in [3.8, 4) is 11.4 Å². The number of nitrogens with one attached hydrogen (secondary N) is 1. The smallest absolute Gasteiger partial charge is 0.314 e. The van der Waals surface area contributed by atoms with E-state index in [-0.39, 0.29) is 24.5 Å². The van der Waals surface area contributed by atoms with Crippen LogP contribution < -0.4 is 16.0 Å². The predicted octanol–water partition coefficient (Wildman–Crippen LogP) is 2.73. The second-order valence-electron chi connectivity index (χ2n) is 8.88. The summed E-state index contributed by atoms with van der Waals surface area (Å²) in [5.41, 5.74) is 8.18. The Balaban J connectivity index is 1.49. The van der Waals surface area contributed by atoms with Crippen LogP contribution in [0.2, 0.25) is 0 Å². The Morgan fingerprint density at radius 2 is 1.89 bits per heavy atom. The Bertz CT molecular complexity index is 1220. The normalized spacial score (nSPS) is 18.3. The second-order valence-corrected chi connectivity index (χ2v) is 8.88. The molecular weight excluding hydrogens is 449 g/mol. The monoisotopic (exact) mass is 477 g/mol. The van der Waals surface area contributed by atoms with Gasteiger partial charge < -0.3 is 26.0 Å². The number of nitrogens with zero attached hydrogens (tertiary/aromatic N) is 5. The average molecular weight is 478 g/mol. The van der Waals surface area contributed by atoms with E-state index in [2.05, 4.69) is 21.4 Å². The number of amides is 2. The molecule has 0 unspecified atom stereocenters. The van der Waals surface area contributed by atoms with E-state index < -0.39 is 6.03 Å². The lowest BCUT2D eigenvalue weighted by molar-refractivity contribution is 0.193. The van der Waals surface area contributed by atoms with Gasteiger partial charge in [0.05, 0.1) is 12.6 Å². The maximum atomic E-state index is 14.0.